The lowest BCUT2D eigenvalue weighted by Gasteiger charge is -2.02. The first kappa shape index (κ1) is 29.4. The van der Waals surface area contributed by atoms with Gasteiger partial charge in [-0.25, -0.2) is 19.4 Å². The molecule has 1 heterocycles. The molecule has 4 N–H and O–H groups in total. The van der Waals surface area contributed by atoms with Crippen LogP contribution in [-0.4, -0.2) is 43.2 Å². The second-order valence-corrected chi connectivity index (χ2v) is 8.27. The third-order valence-electron chi connectivity index (χ3n) is 5.43. The van der Waals surface area contributed by atoms with Crippen molar-refractivity contribution in [3.05, 3.63) is 52.6 Å². The van der Waals surface area contributed by atoms with Crippen molar-refractivity contribution in [1.82, 2.24) is 9.97 Å². The highest BCUT2D eigenvalue weighted by atomic mass is 16.4. The minimum absolute atomic E-state index is 0.266. The minimum Gasteiger partial charge on any atom is -0.478 e. The van der Waals surface area contributed by atoms with Gasteiger partial charge in [-0.05, 0) is 24.6 Å². The Morgan fingerprint density at radius 3 is 2.00 bits per heavy atom. The van der Waals surface area contributed by atoms with E-state index in [1.807, 2.05) is 6.20 Å². The van der Waals surface area contributed by atoms with E-state index in [4.69, 9.17) is 20.6 Å². The fourth-order valence-corrected chi connectivity index (χ4v) is 3.49. The third kappa shape index (κ3) is 11.8. The minimum atomic E-state index is -1.48. The highest BCUT2D eigenvalue weighted by Crippen LogP contribution is 2.13. The quantitative estimate of drug-likeness (QED) is 0.232. The molecule has 2 aromatic rings. The lowest BCUT2D eigenvalue weighted by atomic mass is 10.0. The fraction of sp³-hybridized carbons (Fsp3) is 0.500. The van der Waals surface area contributed by atoms with Gasteiger partial charge in [0.1, 0.15) is 5.82 Å². The summed E-state index contributed by atoms with van der Waals surface area (Å²) < 4.78 is 0. The Morgan fingerprint density at radius 2 is 1.46 bits per heavy atom. The molecule has 1 aromatic carbocycles. The summed E-state index contributed by atoms with van der Waals surface area (Å²) in [6, 6.07) is 4.97. The number of rotatable bonds is 15. The number of carboxylic acids is 3. The standard InChI is InChI=1S/C17H29N3.C9H6O6/c1-2-3-4-5-6-7-8-9-10-13-17-19-15-16(20-17)12-11-14-18;10-7(11)4-1-2-5(8(12)13)6(3-4)9(14)15/h15H,2-13H2,1H3,(H,19,20);1-3H,(H,10,11)(H,12,13)(H,14,15). The molecule has 0 aliphatic rings. The molecule has 0 radical (unpaired) electrons. The number of aromatic amines is 1. The molecular weight excluding hydrogens is 450 g/mol. The van der Waals surface area contributed by atoms with Gasteiger partial charge in [-0.3, -0.25) is 0 Å². The molecule has 0 spiro atoms. The number of nitrogens with one attached hydrogen (secondary N) is 1. The van der Waals surface area contributed by atoms with Crippen molar-refractivity contribution in [2.45, 2.75) is 84.0 Å². The molecule has 9 nitrogen and oxygen atoms in total. The number of nitrogens with zero attached hydrogens (tertiary/aromatic N) is 2. The first-order valence-corrected chi connectivity index (χ1v) is 12.0. The van der Waals surface area contributed by atoms with E-state index in [0.29, 0.717) is 6.42 Å². The molecule has 0 fully saturated rings. The van der Waals surface area contributed by atoms with Crippen molar-refractivity contribution < 1.29 is 29.7 Å². The third-order valence-corrected chi connectivity index (χ3v) is 5.43. The largest absolute Gasteiger partial charge is 0.478 e. The fourth-order valence-electron chi connectivity index (χ4n) is 3.49. The predicted molar refractivity (Wildman–Crippen MR) is 131 cm³/mol. The van der Waals surface area contributed by atoms with E-state index in [0.717, 1.165) is 42.6 Å². The van der Waals surface area contributed by atoms with E-state index in [1.165, 1.54) is 57.8 Å². The summed E-state index contributed by atoms with van der Waals surface area (Å²) in [5, 5.41) is 34.4. The summed E-state index contributed by atoms with van der Waals surface area (Å²) in [6.45, 7) is 2.26. The number of unbranched alkanes of at least 4 members (excludes halogenated alkanes) is 8. The van der Waals surface area contributed by atoms with Gasteiger partial charge in [0, 0.05) is 31.2 Å². The molecule has 9 heteroatoms. The first-order valence-electron chi connectivity index (χ1n) is 12.0. The summed E-state index contributed by atoms with van der Waals surface area (Å²) in [7, 11) is 0. The van der Waals surface area contributed by atoms with Gasteiger partial charge in [0.05, 0.1) is 22.8 Å². The number of imidazole rings is 1. The molecule has 35 heavy (non-hydrogen) atoms. The molecule has 0 atom stereocenters. The predicted octanol–water partition coefficient (Wildman–Crippen LogP) is 5.72. The number of nitriles is 1. The van der Waals surface area contributed by atoms with Crippen LogP contribution in [0.2, 0.25) is 0 Å². The van der Waals surface area contributed by atoms with Gasteiger partial charge in [-0.15, -0.1) is 0 Å². The van der Waals surface area contributed by atoms with Gasteiger partial charge in [-0.2, -0.15) is 5.26 Å². The lowest BCUT2D eigenvalue weighted by Crippen LogP contribution is -2.10. The Hall–Kier alpha value is -3.67. The summed E-state index contributed by atoms with van der Waals surface area (Å²) >= 11 is 0. The van der Waals surface area contributed by atoms with Crippen LogP contribution in [0.3, 0.4) is 0 Å². The van der Waals surface area contributed by atoms with Crippen LogP contribution in [-0.2, 0) is 12.8 Å². The molecule has 0 bridgehead atoms. The van der Waals surface area contributed by atoms with Crippen LogP contribution in [0.5, 0.6) is 0 Å². The van der Waals surface area contributed by atoms with Crippen LogP contribution < -0.4 is 0 Å². The van der Waals surface area contributed by atoms with Crippen molar-refractivity contribution in [1.29, 1.82) is 5.26 Å². The van der Waals surface area contributed by atoms with Crippen LogP contribution >= 0.6 is 0 Å². The first-order chi connectivity index (χ1) is 16.8. The van der Waals surface area contributed by atoms with E-state index < -0.39 is 29.0 Å². The van der Waals surface area contributed by atoms with Crippen molar-refractivity contribution in [3.8, 4) is 6.07 Å². The smallest absolute Gasteiger partial charge is 0.336 e. The number of aromatic carboxylic acids is 3. The number of H-pyrrole nitrogens is 1. The number of carboxylic acid groups (broad SMARTS) is 3. The highest BCUT2D eigenvalue weighted by molar-refractivity contribution is 6.03. The average Bonchev–Trinajstić information content (AvgIpc) is 3.29. The van der Waals surface area contributed by atoms with E-state index in [9.17, 15) is 14.4 Å². The van der Waals surface area contributed by atoms with Gasteiger partial charge in [0.25, 0.3) is 0 Å². The molecule has 0 aliphatic carbocycles. The molecular formula is C26H35N3O6. The molecule has 0 saturated heterocycles. The van der Waals surface area contributed by atoms with Gasteiger partial charge in [-0.1, -0.05) is 58.3 Å². The molecule has 0 saturated carbocycles. The number of aromatic nitrogens is 2. The topological polar surface area (TPSA) is 164 Å². The summed E-state index contributed by atoms with van der Waals surface area (Å²) in [5.74, 6) is -3.12. The van der Waals surface area contributed by atoms with Crippen LogP contribution in [0, 0.1) is 11.3 Å². The molecule has 0 unspecified atom stereocenters. The molecule has 1 aromatic heterocycles. The zero-order valence-corrected chi connectivity index (χ0v) is 20.3. The summed E-state index contributed by atoms with van der Waals surface area (Å²) in [6.07, 6.45) is 16.5. The van der Waals surface area contributed by atoms with E-state index in [1.54, 1.807) is 0 Å². The molecule has 2 rings (SSSR count). The van der Waals surface area contributed by atoms with E-state index >= 15 is 0 Å². The maximum Gasteiger partial charge on any atom is 0.336 e. The second-order valence-electron chi connectivity index (χ2n) is 8.27. The van der Waals surface area contributed by atoms with Gasteiger partial charge >= 0.3 is 17.9 Å². The SMILES string of the molecule is CCCCCCCCCCCc1ncc(CCC#N)[nH]1.O=C(O)c1ccc(C(=O)O)c(C(=O)O)c1. The van der Waals surface area contributed by atoms with Crippen LogP contribution in [0.1, 0.15) is 114 Å². The number of benzene rings is 1. The lowest BCUT2D eigenvalue weighted by molar-refractivity contribution is 0.0649. The van der Waals surface area contributed by atoms with E-state index in [-0.39, 0.29) is 5.56 Å². The maximum absolute atomic E-state index is 10.6. The Morgan fingerprint density at radius 1 is 0.857 bits per heavy atom. The molecule has 0 aliphatic heterocycles. The van der Waals surface area contributed by atoms with Crippen molar-refractivity contribution in [3.63, 3.8) is 0 Å². The van der Waals surface area contributed by atoms with Crippen LogP contribution in [0.4, 0.5) is 0 Å². The Balaban J connectivity index is 0.000000365. The van der Waals surface area contributed by atoms with E-state index in [2.05, 4.69) is 23.0 Å². The Labute approximate surface area is 205 Å². The number of aryl methyl sites for hydroxylation is 2. The molecule has 190 valence electrons. The maximum atomic E-state index is 10.6. The number of hydrogen-bond donors (Lipinski definition) is 4. The monoisotopic (exact) mass is 485 g/mol. The normalized spacial score (nSPS) is 10.2. The van der Waals surface area contributed by atoms with Crippen molar-refractivity contribution in [2.75, 3.05) is 0 Å². The Bertz CT molecular complexity index is 993. The van der Waals surface area contributed by atoms with Gasteiger partial charge < -0.3 is 20.3 Å². The van der Waals surface area contributed by atoms with Gasteiger partial charge in [0.15, 0.2) is 0 Å². The second kappa shape index (κ2) is 16.9. The van der Waals surface area contributed by atoms with Crippen molar-refractivity contribution >= 4 is 17.9 Å². The average molecular weight is 486 g/mol. The van der Waals surface area contributed by atoms with Crippen LogP contribution in [0.25, 0.3) is 0 Å². The highest BCUT2D eigenvalue weighted by Gasteiger charge is 2.18. The number of hydrogen-bond acceptors (Lipinski definition) is 5. The van der Waals surface area contributed by atoms with Crippen molar-refractivity contribution in [2.24, 2.45) is 0 Å². The Kier molecular flexibility index (Phi) is 14.2. The number of carbonyl (C=O) groups is 3. The van der Waals surface area contributed by atoms with Gasteiger partial charge in [0.2, 0.25) is 0 Å². The summed E-state index contributed by atoms with van der Waals surface area (Å²) in [4.78, 5) is 39.4. The zero-order valence-electron chi connectivity index (χ0n) is 20.3. The zero-order chi connectivity index (χ0) is 26.1. The molecule has 0 amide bonds. The summed E-state index contributed by atoms with van der Waals surface area (Å²) in [5.41, 5.74) is -0.148. The van der Waals surface area contributed by atoms with Crippen LogP contribution in [0.15, 0.2) is 24.4 Å².